The molecule has 0 radical (unpaired) electrons. The number of rotatable bonds is 3. The first-order chi connectivity index (χ1) is 7.42. The lowest BCUT2D eigenvalue weighted by Crippen LogP contribution is -2.00. The maximum absolute atomic E-state index is 11.2. The van der Waals surface area contributed by atoms with Gasteiger partial charge in [-0.15, -0.1) is 0 Å². The van der Waals surface area contributed by atoms with Crippen molar-refractivity contribution in [3.63, 3.8) is 0 Å². The van der Waals surface area contributed by atoms with Gasteiger partial charge in [0.1, 0.15) is 0 Å². The van der Waals surface area contributed by atoms with Gasteiger partial charge in [-0.1, -0.05) is 12.1 Å². The second-order valence-electron chi connectivity index (χ2n) is 3.25. The summed E-state index contributed by atoms with van der Waals surface area (Å²) in [4.78, 5) is 11.2. The zero-order valence-electron chi connectivity index (χ0n) is 9.01. The second kappa shape index (κ2) is 4.94. The average Bonchev–Trinajstić information content (AvgIpc) is 2.25. The summed E-state index contributed by atoms with van der Waals surface area (Å²) < 4.78 is 26.4. The molecular weight excluding hydrogens is 228 g/mol. The van der Waals surface area contributed by atoms with Gasteiger partial charge in [-0.3, -0.25) is 0 Å². The highest BCUT2D eigenvalue weighted by Crippen LogP contribution is 2.08. The Morgan fingerprint density at radius 1 is 1.38 bits per heavy atom. The van der Waals surface area contributed by atoms with Gasteiger partial charge in [-0.05, 0) is 23.8 Å². The number of ether oxygens (including phenoxy) is 1. The van der Waals surface area contributed by atoms with E-state index in [1.54, 1.807) is 24.3 Å². The summed E-state index contributed by atoms with van der Waals surface area (Å²) >= 11 is 0. The van der Waals surface area contributed by atoms with Crippen molar-refractivity contribution in [1.29, 1.82) is 0 Å². The van der Waals surface area contributed by atoms with Gasteiger partial charge in [-0.25, -0.2) is 13.2 Å². The zero-order valence-corrected chi connectivity index (χ0v) is 9.82. The normalized spacial score (nSPS) is 11.6. The largest absolute Gasteiger partial charge is 0.465 e. The number of methoxy groups -OCH3 is 1. The number of benzene rings is 1. The summed E-state index contributed by atoms with van der Waals surface area (Å²) in [6, 6.07) is 6.53. The van der Waals surface area contributed by atoms with Crippen molar-refractivity contribution in [3.05, 3.63) is 40.8 Å². The van der Waals surface area contributed by atoms with Crippen LogP contribution in [0.25, 0.3) is 6.08 Å². The molecule has 5 heteroatoms. The molecule has 0 aliphatic carbocycles. The standard InChI is InChI=1S/C11H12O4S/c1-15-11(12)10-5-3-4-9(8-10)6-7-16(2,13)14/h3-8H,1-2H3. The predicted octanol–water partition coefficient (Wildman–Crippen LogP) is 1.49. The summed E-state index contributed by atoms with van der Waals surface area (Å²) in [5.74, 6) is -0.449. The number of sulfone groups is 1. The third-order valence-corrected chi connectivity index (χ3v) is 2.45. The van der Waals surface area contributed by atoms with Crippen LogP contribution in [0.5, 0.6) is 0 Å². The highest BCUT2D eigenvalue weighted by molar-refractivity contribution is 7.93. The highest BCUT2D eigenvalue weighted by Gasteiger charge is 2.04. The van der Waals surface area contributed by atoms with Crippen molar-refractivity contribution in [1.82, 2.24) is 0 Å². The summed E-state index contributed by atoms with van der Waals surface area (Å²) in [6.45, 7) is 0. The lowest BCUT2D eigenvalue weighted by molar-refractivity contribution is 0.0600. The molecule has 0 fully saturated rings. The van der Waals surface area contributed by atoms with Crippen molar-refractivity contribution < 1.29 is 17.9 Å². The Balaban J connectivity index is 3.00. The molecule has 0 spiro atoms. The number of esters is 1. The Kier molecular flexibility index (Phi) is 3.84. The number of carbonyl (C=O) groups is 1. The first-order valence-electron chi connectivity index (χ1n) is 4.49. The highest BCUT2D eigenvalue weighted by atomic mass is 32.2. The number of carbonyl (C=O) groups excluding carboxylic acids is 1. The predicted molar refractivity (Wildman–Crippen MR) is 61.7 cm³/mol. The summed E-state index contributed by atoms with van der Waals surface area (Å²) in [5, 5.41) is 1.09. The van der Waals surface area contributed by atoms with Crippen LogP contribution in [0.4, 0.5) is 0 Å². The Hall–Kier alpha value is -1.62. The molecule has 1 aromatic carbocycles. The van der Waals surface area contributed by atoms with Gasteiger partial charge in [-0.2, -0.15) is 0 Å². The third kappa shape index (κ3) is 3.86. The molecule has 0 saturated heterocycles. The maximum atomic E-state index is 11.2. The van der Waals surface area contributed by atoms with Gasteiger partial charge in [0.25, 0.3) is 0 Å². The fraction of sp³-hybridized carbons (Fsp3) is 0.182. The van der Waals surface area contributed by atoms with Crippen molar-refractivity contribution in [2.45, 2.75) is 0 Å². The average molecular weight is 240 g/mol. The van der Waals surface area contributed by atoms with Crippen LogP contribution in [0.3, 0.4) is 0 Å². The first kappa shape index (κ1) is 12.4. The molecule has 4 nitrogen and oxygen atoms in total. The molecular formula is C11H12O4S. The van der Waals surface area contributed by atoms with E-state index in [1.807, 2.05) is 0 Å². The van der Waals surface area contributed by atoms with Crippen LogP contribution >= 0.6 is 0 Å². The molecule has 0 saturated carbocycles. The van der Waals surface area contributed by atoms with Crippen LogP contribution in [0.1, 0.15) is 15.9 Å². The van der Waals surface area contributed by atoms with E-state index >= 15 is 0 Å². The van der Waals surface area contributed by atoms with Gasteiger partial charge >= 0.3 is 5.97 Å². The van der Waals surface area contributed by atoms with Gasteiger partial charge in [0, 0.05) is 11.7 Å². The molecule has 1 rings (SSSR count). The van der Waals surface area contributed by atoms with Crippen LogP contribution in [0.2, 0.25) is 0 Å². The minimum absolute atomic E-state index is 0.387. The summed E-state index contributed by atoms with van der Waals surface area (Å²) in [6.07, 6.45) is 2.54. The van der Waals surface area contributed by atoms with E-state index in [0.29, 0.717) is 11.1 Å². The van der Waals surface area contributed by atoms with E-state index in [0.717, 1.165) is 11.7 Å². The Bertz CT molecular complexity index is 515. The number of hydrogen-bond donors (Lipinski definition) is 0. The maximum Gasteiger partial charge on any atom is 0.337 e. The van der Waals surface area contributed by atoms with E-state index in [4.69, 9.17) is 0 Å². The molecule has 1 aromatic rings. The Morgan fingerprint density at radius 3 is 2.62 bits per heavy atom. The molecule has 0 N–H and O–H groups in total. The molecule has 0 aliphatic rings. The Labute approximate surface area is 94.5 Å². The third-order valence-electron chi connectivity index (χ3n) is 1.82. The van der Waals surface area contributed by atoms with Crippen LogP contribution in [0, 0.1) is 0 Å². The molecule has 0 amide bonds. The molecule has 0 unspecified atom stereocenters. The summed E-state index contributed by atoms with van der Waals surface area (Å²) in [7, 11) is -1.86. The first-order valence-corrected chi connectivity index (χ1v) is 6.44. The fourth-order valence-corrected chi connectivity index (χ4v) is 1.49. The van der Waals surface area contributed by atoms with Gasteiger partial charge in [0.05, 0.1) is 12.7 Å². The molecule has 0 aliphatic heterocycles. The second-order valence-corrected chi connectivity index (χ2v) is 5.18. The molecule has 0 bridgehead atoms. The number of hydrogen-bond acceptors (Lipinski definition) is 4. The minimum atomic E-state index is -3.16. The van der Waals surface area contributed by atoms with E-state index in [1.165, 1.54) is 13.2 Å². The van der Waals surface area contributed by atoms with Crippen molar-refractivity contribution in [2.24, 2.45) is 0 Å². The minimum Gasteiger partial charge on any atom is -0.465 e. The van der Waals surface area contributed by atoms with Crippen LogP contribution in [0.15, 0.2) is 29.7 Å². The Morgan fingerprint density at radius 2 is 2.06 bits per heavy atom. The monoisotopic (exact) mass is 240 g/mol. The molecule has 86 valence electrons. The molecule has 16 heavy (non-hydrogen) atoms. The molecule has 0 heterocycles. The van der Waals surface area contributed by atoms with E-state index in [-0.39, 0.29) is 0 Å². The van der Waals surface area contributed by atoms with E-state index in [2.05, 4.69) is 4.74 Å². The topological polar surface area (TPSA) is 60.4 Å². The van der Waals surface area contributed by atoms with E-state index in [9.17, 15) is 13.2 Å². The van der Waals surface area contributed by atoms with Gasteiger partial charge in [0.2, 0.25) is 0 Å². The van der Waals surface area contributed by atoms with Crippen molar-refractivity contribution in [2.75, 3.05) is 13.4 Å². The quantitative estimate of drug-likeness (QED) is 0.751. The molecule has 0 aromatic heterocycles. The zero-order chi connectivity index (χ0) is 12.2. The lowest BCUT2D eigenvalue weighted by Gasteiger charge is -1.99. The van der Waals surface area contributed by atoms with Crippen LogP contribution in [-0.4, -0.2) is 27.8 Å². The van der Waals surface area contributed by atoms with Crippen LogP contribution in [-0.2, 0) is 14.6 Å². The summed E-state index contributed by atoms with van der Waals surface area (Å²) in [5.41, 5.74) is 1.02. The lowest BCUT2D eigenvalue weighted by atomic mass is 10.1. The van der Waals surface area contributed by atoms with Crippen molar-refractivity contribution in [3.8, 4) is 0 Å². The van der Waals surface area contributed by atoms with Crippen LogP contribution < -0.4 is 0 Å². The van der Waals surface area contributed by atoms with Crippen molar-refractivity contribution >= 4 is 21.9 Å². The van der Waals surface area contributed by atoms with E-state index < -0.39 is 15.8 Å². The SMILES string of the molecule is COC(=O)c1cccc(C=CS(C)(=O)=O)c1. The van der Waals surface area contributed by atoms with Gasteiger partial charge < -0.3 is 4.74 Å². The van der Waals surface area contributed by atoms with Gasteiger partial charge in [0.15, 0.2) is 9.84 Å². The smallest absolute Gasteiger partial charge is 0.337 e. The molecule has 0 atom stereocenters. The fourth-order valence-electron chi connectivity index (χ4n) is 1.09.